The summed E-state index contributed by atoms with van der Waals surface area (Å²) in [5.41, 5.74) is -0.897. The summed E-state index contributed by atoms with van der Waals surface area (Å²) in [5, 5.41) is 6.17. The van der Waals surface area contributed by atoms with E-state index < -0.39 is 36.9 Å². The standard InChI is InChI=1S/C14H10Cl2F3N3O3/c15-8-1-2-9(16)10(5-8)20-12(23)7-25-13(24)6-22-4-3-11(21-22)14(17,18)19/h1-5H,6-7H2,(H,20,23). The van der Waals surface area contributed by atoms with Crippen LogP contribution in [0.25, 0.3) is 0 Å². The second-order valence-electron chi connectivity index (χ2n) is 4.73. The first-order valence-electron chi connectivity index (χ1n) is 6.66. The van der Waals surface area contributed by atoms with Gasteiger partial charge in [-0.2, -0.15) is 18.3 Å². The number of alkyl halides is 3. The number of carbonyl (C=O) groups excluding carboxylic acids is 2. The van der Waals surface area contributed by atoms with E-state index in [1.807, 2.05) is 0 Å². The number of hydrogen-bond donors (Lipinski definition) is 1. The average molecular weight is 396 g/mol. The third-order valence-corrected chi connectivity index (χ3v) is 3.35. The maximum atomic E-state index is 12.4. The van der Waals surface area contributed by atoms with Crippen molar-refractivity contribution < 1.29 is 27.5 Å². The first kappa shape index (κ1) is 19.1. The van der Waals surface area contributed by atoms with Crippen LogP contribution in [0.1, 0.15) is 5.69 Å². The molecule has 1 aromatic heterocycles. The molecular formula is C14H10Cl2F3N3O3. The topological polar surface area (TPSA) is 73.2 Å². The van der Waals surface area contributed by atoms with E-state index in [4.69, 9.17) is 23.2 Å². The summed E-state index contributed by atoms with van der Waals surface area (Å²) in [6, 6.07) is 5.13. The van der Waals surface area contributed by atoms with E-state index in [1.165, 1.54) is 18.2 Å². The highest BCUT2D eigenvalue weighted by atomic mass is 35.5. The van der Waals surface area contributed by atoms with Crippen molar-refractivity contribution in [3.63, 3.8) is 0 Å². The average Bonchev–Trinajstić information content (AvgIpc) is 2.97. The van der Waals surface area contributed by atoms with Gasteiger partial charge in [-0.3, -0.25) is 14.3 Å². The number of amides is 1. The Morgan fingerprint density at radius 3 is 2.60 bits per heavy atom. The molecule has 2 aromatic rings. The third-order valence-electron chi connectivity index (χ3n) is 2.79. The molecule has 1 amide bonds. The number of anilines is 1. The summed E-state index contributed by atoms with van der Waals surface area (Å²) < 4.78 is 42.6. The van der Waals surface area contributed by atoms with Gasteiger partial charge in [0.05, 0.1) is 10.7 Å². The van der Waals surface area contributed by atoms with E-state index in [1.54, 1.807) is 0 Å². The fourth-order valence-corrected chi connectivity index (χ4v) is 2.04. The first-order valence-corrected chi connectivity index (χ1v) is 7.42. The van der Waals surface area contributed by atoms with Gasteiger partial charge in [0.2, 0.25) is 0 Å². The van der Waals surface area contributed by atoms with Gasteiger partial charge < -0.3 is 10.1 Å². The summed E-state index contributed by atoms with van der Waals surface area (Å²) in [4.78, 5) is 23.3. The zero-order valence-corrected chi connectivity index (χ0v) is 13.8. The molecule has 0 atom stereocenters. The summed E-state index contributed by atoms with van der Waals surface area (Å²) in [6.07, 6.45) is -3.62. The summed E-state index contributed by atoms with van der Waals surface area (Å²) in [5.74, 6) is -1.61. The summed E-state index contributed by atoms with van der Waals surface area (Å²) in [6.45, 7) is -1.21. The fourth-order valence-electron chi connectivity index (χ4n) is 1.70. The Kier molecular flexibility index (Phi) is 5.91. The maximum Gasteiger partial charge on any atom is 0.435 e. The van der Waals surface area contributed by atoms with E-state index in [2.05, 4.69) is 15.2 Å². The first-order chi connectivity index (χ1) is 11.6. The number of rotatable bonds is 5. The molecule has 2 rings (SSSR count). The summed E-state index contributed by atoms with van der Waals surface area (Å²) in [7, 11) is 0. The SMILES string of the molecule is O=C(COC(=O)Cn1ccc(C(F)(F)F)n1)Nc1cc(Cl)ccc1Cl. The van der Waals surface area contributed by atoms with E-state index in [0.717, 1.165) is 16.9 Å². The van der Waals surface area contributed by atoms with Gasteiger partial charge in [0.1, 0.15) is 6.54 Å². The molecule has 1 N–H and O–H groups in total. The van der Waals surface area contributed by atoms with Crippen molar-refractivity contribution in [1.29, 1.82) is 0 Å². The number of hydrogen-bond acceptors (Lipinski definition) is 4. The van der Waals surface area contributed by atoms with E-state index in [-0.39, 0.29) is 10.7 Å². The van der Waals surface area contributed by atoms with Gasteiger partial charge in [0.25, 0.3) is 5.91 Å². The van der Waals surface area contributed by atoms with Crippen molar-refractivity contribution in [2.24, 2.45) is 0 Å². The molecule has 0 bridgehead atoms. The van der Waals surface area contributed by atoms with Crippen LogP contribution >= 0.6 is 23.2 Å². The van der Waals surface area contributed by atoms with Crippen LogP contribution in [0.3, 0.4) is 0 Å². The Hall–Kier alpha value is -2.26. The highest BCUT2D eigenvalue weighted by molar-refractivity contribution is 6.35. The minimum Gasteiger partial charge on any atom is -0.454 e. The molecule has 134 valence electrons. The number of nitrogens with zero attached hydrogens (tertiary/aromatic N) is 2. The number of benzene rings is 1. The van der Waals surface area contributed by atoms with Crippen LogP contribution in [0.5, 0.6) is 0 Å². The second kappa shape index (κ2) is 7.75. The van der Waals surface area contributed by atoms with Crippen LogP contribution in [-0.4, -0.2) is 28.3 Å². The van der Waals surface area contributed by atoms with Gasteiger partial charge in [-0.25, -0.2) is 0 Å². The molecule has 0 spiro atoms. The molecule has 0 fully saturated rings. The largest absolute Gasteiger partial charge is 0.454 e. The molecule has 6 nitrogen and oxygen atoms in total. The highest BCUT2D eigenvalue weighted by Crippen LogP contribution is 2.27. The van der Waals surface area contributed by atoms with Gasteiger partial charge >= 0.3 is 12.1 Å². The van der Waals surface area contributed by atoms with Gasteiger partial charge in [-0.1, -0.05) is 23.2 Å². The van der Waals surface area contributed by atoms with Crippen molar-refractivity contribution in [2.45, 2.75) is 12.7 Å². The van der Waals surface area contributed by atoms with Crippen LogP contribution in [-0.2, 0) is 27.0 Å². The van der Waals surface area contributed by atoms with Crippen molar-refractivity contribution >= 4 is 40.8 Å². The number of aromatic nitrogens is 2. The van der Waals surface area contributed by atoms with Gasteiger partial charge in [0.15, 0.2) is 12.3 Å². The second-order valence-corrected chi connectivity index (χ2v) is 5.57. The lowest BCUT2D eigenvalue weighted by molar-refractivity contribution is -0.148. The van der Waals surface area contributed by atoms with Crippen LogP contribution in [0, 0.1) is 0 Å². The van der Waals surface area contributed by atoms with E-state index in [0.29, 0.717) is 5.02 Å². The van der Waals surface area contributed by atoms with Gasteiger partial charge in [0, 0.05) is 11.2 Å². The molecule has 0 radical (unpaired) electrons. The van der Waals surface area contributed by atoms with Crippen molar-refractivity contribution in [1.82, 2.24) is 9.78 Å². The monoisotopic (exact) mass is 395 g/mol. The van der Waals surface area contributed by atoms with Crippen LogP contribution < -0.4 is 5.32 Å². The number of halogens is 5. The van der Waals surface area contributed by atoms with Crippen molar-refractivity contribution in [3.05, 3.63) is 46.2 Å². The molecule has 0 aliphatic rings. The number of nitrogens with one attached hydrogen (secondary N) is 1. The Balaban J connectivity index is 1.84. The highest BCUT2D eigenvalue weighted by Gasteiger charge is 2.33. The minimum absolute atomic E-state index is 0.233. The molecule has 0 aliphatic heterocycles. The Bertz CT molecular complexity index is 793. The van der Waals surface area contributed by atoms with Crippen LogP contribution in [0.15, 0.2) is 30.5 Å². The molecular weight excluding hydrogens is 386 g/mol. The van der Waals surface area contributed by atoms with E-state index in [9.17, 15) is 22.8 Å². The Morgan fingerprint density at radius 2 is 1.96 bits per heavy atom. The van der Waals surface area contributed by atoms with Gasteiger partial charge in [-0.15, -0.1) is 0 Å². The zero-order chi connectivity index (χ0) is 18.6. The molecule has 0 unspecified atom stereocenters. The predicted molar refractivity (Wildman–Crippen MR) is 83.3 cm³/mol. The maximum absolute atomic E-state index is 12.4. The lowest BCUT2D eigenvalue weighted by atomic mass is 10.3. The summed E-state index contributed by atoms with van der Waals surface area (Å²) >= 11 is 11.6. The quantitative estimate of drug-likeness (QED) is 0.787. The lowest BCUT2D eigenvalue weighted by Crippen LogP contribution is -2.23. The van der Waals surface area contributed by atoms with Crippen molar-refractivity contribution in [3.8, 4) is 0 Å². The minimum atomic E-state index is -4.61. The Morgan fingerprint density at radius 1 is 1.24 bits per heavy atom. The van der Waals surface area contributed by atoms with E-state index >= 15 is 0 Å². The zero-order valence-electron chi connectivity index (χ0n) is 12.3. The van der Waals surface area contributed by atoms with Crippen molar-refractivity contribution in [2.75, 3.05) is 11.9 Å². The smallest absolute Gasteiger partial charge is 0.435 e. The fraction of sp³-hybridized carbons (Fsp3) is 0.214. The normalized spacial score (nSPS) is 11.2. The molecule has 0 aliphatic carbocycles. The molecule has 0 saturated heterocycles. The lowest BCUT2D eigenvalue weighted by Gasteiger charge is -2.08. The Labute approximate surface area is 149 Å². The molecule has 1 aromatic carbocycles. The molecule has 1 heterocycles. The molecule has 11 heteroatoms. The number of ether oxygens (including phenoxy) is 1. The molecule has 0 saturated carbocycles. The third kappa shape index (κ3) is 5.64. The van der Waals surface area contributed by atoms with Gasteiger partial charge in [-0.05, 0) is 24.3 Å². The predicted octanol–water partition coefficient (Wildman–Crippen LogP) is 3.39. The number of carbonyl (C=O) groups is 2. The molecule has 25 heavy (non-hydrogen) atoms. The van der Waals surface area contributed by atoms with Crippen LogP contribution in [0.4, 0.5) is 18.9 Å². The van der Waals surface area contributed by atoms with Crippen LogP contribution in [0.2, 0.25) is 10.0 Å². The number of esters is 1.